The Morgan fingerprint density at radius 2 is 2.03 bits per heavy atom. The molecule has 4 rings (SSSR count). The van der Waals surface area contributed by atoms with Gasteiger partial charge in [-0.05, 0) is 56.7 Å². The van der Waals surface area contributed by atoms with Crippen LogP contribution in [-0.4, -0.2) is 37.6 Å². The molecule has 0 unspecified atom stereocenters. The number of aliphatic carboxylic acids is 1. The highest BCUT2D eigenvalue weighted by atomic mass is 16.5. The van der Waals surface area contributed by atoms with Crippen molar-refractivity contribution in [1.29, 1.82) is 0 Å². The minimum atomic E-state index is -0.906. The molecule has 2 aromatic heterocycles. The van der Waals surface area contributed by atoms with E-state index in [1.807, 2.05) is 6.92 Å². The maximum absolute atomic E-state index is 13.0. The highest BCUT2D eigenvalue weighted by molar-refractivity contribution is 6.04. The van der Waals surface area contributed by atoms with E-state index in [4.69, 9.17) is 15.4 Å². The van der Waals surface area contributed by atoms with E-state index in [9.17, 15) is 14.4 Å². The maximum Gasteiger partial charge on any atom is 0.303 e. The molecule has 162 valence electrons. The lowest BCUT2D eigenvalue weighted by Gasteiger charge is -2.11. The molecular weight excluding hydrogens is 402 g/mol. The summed E-state index contributed by atoms with van der Waals surface area (Å²) < 4.78 is 7.06. The average Bonchev–Trinajstić information content (AvgIpc) is 3.29. The van der Waals surface area contributed by atoms with Crippen molar-refractivity contribution in [3.63, 3.8) is 0 Å². The number of aromatic nitrogens is 3. The van der Waals surface area contributed by atoms with Crippen LogP contribution in [0, 0.1) is 6.92 Å². The van der Waals surface area contributed by atoms with Crippen molar-refractivity contribution in [1.82, 2.24) is 14.7 Å². The van der Waals surface area contributed by atoms with Gasteiger partial charge in [0.15, 0.2) is 0 Å². The predicted molar refractivity (Wildman–Crippen MR) is 111 cm³/mol. The van der Waals surface area contributed by atoms with Gasteiger partial charge in [0.1, 0.15) is 0 Å². The molecule has 0 saturated carbocycles. The number of fused-ring (bicyclic) bond motifs is 2. The molecule has 10 nitrogen and oxygen atoms in total. The molecule has 3 aromatic rings. The fraction of sp³-hybridized carbons (Fsp3) is 0.381. The summed E-state index contributed by atoms with van der Waals surface area (Å²) in [5, 5.41) is 15.8. The number of anilines is 1. The summed E-state index contributed by atoms with van der Waals surface area (Å²) in [5.74, 6) is -1.52. The number of carbonyl (C=O) groups excluding carboxylic acids is 2. The lowest BCUT2D eigenvalue weighted by atomic mass is 9.96. The zero-order valence-electron chi connectivity index (χ0n) is 17.1. The van der Waals surface area contributed by atoms with Gasteiger partial charge in [0.25, 0.3) is 5.91 Å². The second kappa shape index (κ2) is 8.21. The smallest absolute Gasteiger partial charge is 0.303 e. The van der Waals surface area contributed by atoms with E-state index in [0.29, 0.717) is 29.6 Å². The topological polar surface area (TPSA) is 153 Å². The number of rotatable bonds is 7. The van der Waals surface area contributed by atoms with Gasteiger partial charge < -0.3 is 19.9 Å². The first-order valence-corrected chi connectivity index (χ1v) is 10.2. The van der Waals surface area contributed by atoms with E-state index < -0.39 is 17.8 Å². The Morgan fingerprint density at radius 1 is 1.26 bits per heavy atom. The Hall–Kier alpha value is -3.69. The largest absolute Gasteiger partial charge is 0.481 e. The number of nitrogens with zero attached hydrogens (tertiary/aromatic N) is 3. The molecule has 0 fully saturated rings. The molecule has 1 aliphatic carbocycles. The SMILES string of the molecule is Cc1cc(C(N)=O)cc2nc(NC(=O)c3onc4c3CCCC4)n(CCCC(=O)O)c12. The summed E-state index contributed by atoms with van der Waals surface area (Å²) >= 11 is 0. The van der Waals surface area contributed by atoms with Crippen molar-refractivity contribution in [2.75, 3.05) is 5.32 Å². The third-order valence-corrected chi connectivity index (χ3v) is 5.48. The Bertz CT molecular complexity index is 1190. The molecule has 4 N–H and O–H groups in total. The molecule has 0 saturated heterocycles. The number of nitrogens with two attached hydrogens (primary N) is 1. The zero-order chi connectivity index (χ0) is 22.1. The second-order valence-corrected chi connectivity index (χ2v) is 7.71. The highest BCUT2D eigenvalue weighted by Crippen LogP contribution is 2.28. The molecule has 0 atom stereocenters. The zero-order valence-corrected chi connectivity index (χ0v) is 17.1. The number of amides is 2. The lowest BCUT2D eigenvalue weighted by molar-refractivity contribution is -0.137. The van der Waals surface area contributed by atoms with Crippen molar-refractivity contribution < 1.29 is 24.0 Å². The number of nitrogens with one attached hydrogen (secondary N) is 1. The molecule has 2 amide bonds. The molecule has 1 aromatic carbocycles. The Morgan fingerprint density at radius 3 is 2.77 bits per heavy atom. The fourth-order valence-electron chi connectivity index (χ4n) is 4.05. The van der Waals surface area contributed by atoms with Gasteiger partial charge in [-0.3, -0.25) is 19.7 Å². The van der Waals surface area contributed by atoms with Crippen LogP contribution in [0.5, 0.6) is 0 Å². The second-order valence-electron chi connectivity index (χ2n) is 7.71. The van der Waals surface area contributed by atoms with Crippen LogP contribution < -0.4 is 11.1 Å². The van der Waals surface area contributed by atoms with Gasteiger partial charge in [0, 0.05) is 24.1 Å². The number of benzene rings is 1. The standard InChI is InChI=1S/C21H23N5O5/c1-11-9-12(19(22)29)10-15-17(11)26(8-4-7-16(27)28)21(23-15)24-20(30)18-13-5-2-3-6-14(13)25-31-18/h9-10H,2-8H2,1H3,(H2,22,29)(H,27,28)(H,23,24,30). The summed E-state index contributed by atoms with van der Waals surface area (Å²) in [7, 11) is 0. The van der Waals surface area contributed by atoms with E-state index in [1.165, 1.54) is 0 Å². The third kappa shape index (κ3) is 4.00. The third-order valence-electron chi connectivity index (χ3n) is 5.48. The maximum atomic E-state index is 13.0. The van der Waals surface area contributed by atoms with Crippen LogP contribution >= 0.6 is 0 Å². The summed E-state index contributed by atoms with van der Waals surface area (Å²) in [4.78, 5) is 40.0. The van der Waals surface area contributed by atoms with Crippen molar-refractivity contribution in [3.8, 4) is 0 Å². The van der Waals surface area contributed by atoms with Gasteiger partial charge in [0.2, 0.25) is 17.6 Å². The van der Waals surface area contributed by atoms with E-state index in [-0.39, 0.29) is 18.1 Å². The van der Waals surface area contributed by atoms with Crippen LogP contribution in [-0.2, 0) is 24.2 Å². The number of hydrogen-bond donors (Lipinski definition) is 3. The summed E-state index contributed by atoms with van der Waals surface area (Å²) in [6.07, 6.45) is 3.82. The quantitative estimate of drug-likeness (QED) is 0.525. The van der Waals surface area contributed by atoms with Crippen LogP contribution in [0.2, 0.25) is 0 Å². The summed E-state index contributed by atoms with van der Waals surface area (Å²) in [6, 6.07) is 3.21. The number of hydrogen-bond acceptors (Lipinski definition) is 6. The van der Waals surface area contributed by atoms with Gasteiger partial charge in [-0.2, -0.15) is 0 Å². The molecule has 2 heterocycles. The number of primary amides is 1. The molecular formula is C21H23N5O5. The molecule has 10 heteroatoms. The first-order valence-electron chi connectivity index (χ1n) is 10.2. The van der Waals surface area contributed by atoms with Gasteiger partial charge >= 0.3 is 5.97 Å². The molecule has 1 aliphatic rings. The van der Waals surface area contributed by atoms with Crippen molar-refractivity contribution >= 4 is 34.8 Å². The molecule has 0 spiro atoms. The summed E-state index contributed by atoms with van der Waals surface area (Å²) in [6.45, 7) is 2.13. The van der Waals surface area contributed by atoms with Crippen LogP contribution in [0.25, 0.3) is 11.0 Å². The van der Waals surface area contributed by atoms with Crippen LogP contribution in [0.4, 0.5) is 5.95 Å². The number of carbonyl (C=O) groups is 3. The Labute approximate surface area is 177 Å². The van der Waals surface area contributed by atoms with Crippen molar-refractivity contribution in [2.45, 2.75) is 52.0 Å². The number of carboxylic acid groups (broad SMARTS) is 1. The van der Waals surface area contributed by atoms with E-state index in [0.717, 1.165) is 42.5 Å². The first-order chi connectivity index (χ1) is 14.8. The van der Waals surface area contributed by atoms with E-state index in [2.05, 4.69) is 15.5 Å². The van der Waals surface area contributed by atoms with Gasteiger partial charge in [-0.25, -0.2) is 4.98 Å². The molecule has 31 heavy (non-hydrogen) atoms. The Balaban J connectivity index is 1.72. The monoisotopic (exact) mass is 425 g/mol. The normalized spacial score (nSPS) is 13.2. The van der Waals surface area contributed by atoms with Crippen LogP contribution in [0.15, 0.2) is 16.7 Å². The highest BCUT2D eigenvalue weighted by Gasteiger charge is 2.26. The fourth-order valence-corrected chi connectivity index (χ4v) is 4.05. The number of imidazole rings is 1. The molecule has 0 bridgehead atoms. The Kier molecular flexibility index (Phi) is 5.45. The molecule has 0 radical (unpaired) electrons. The number of carboxylic acids is 1. The van der Waals surface area contributed by atoms with E-state index >= 15 is 0 Å². The average molecular weight is 425 g/mol. The minimum absolute atomic E-state index is 0.0267. The first kappa shape index (κ1) is 20.6. The number of aryl methyl sites for hydroxylation is 3. The van der Waals surface area contributed by atoms with Crippen LogP contribution in [0.3, 0.4) is 0 Å². The summed E-state index contributed by atoms with van der Waals surface area (Å²) in [5.41, 5.74) is 9.29. The minimum Gasteiger partial charge on any atom is -0.481 e. The van der Waals surface area contributed by atoms with Crippen molar-refractivity contribution in [3.05, 3.63) is 40.3 Å². The van der Waals surface area contributed by atoms with Crippen LogP contribution in [0.1, 0.15) is 63.4 Å². The van der Waals surface area contributed by atoms with Gasteiger partial charge in [0.05, 0.1) is 16.7 Å². The van der Waals surface area contributed by atoms with Gasteiger partial charge in [-0.15, -0.1) is 0 Å². The van der Waals surface area contributed by atoms with Gasteiger partial charge in [-0.1, -0.05) is 5.16 Å². The van der Waals surface area contributed by atoms with Crippen molar-refractivity contribution in [2.24, 2.45) is 5.73 Å². The predicted octanol–water partition coefficient (Wildman–Crippen LogP) is 2.43. The molecule has 0 aliphatic heterocycles. The van der Waals surface area contributed by atoms with E-state index in [1.54, 1.807) is 16.7 Å². The lowest BCUT2D eigenvalue weighted by Crippen LogP contribution is -2.18.